The molecule has 8 heteroatoms. The lowest BCUT2D eigenvalue weighted by Crippen LogP contribution is -2.52. The van der Waals surface area contributed by atoms with Crippen molar-refractivity contribution in [3.05, 3.63) is 0 Å². The van der Waals surface area contributed by atoms with Crippen LogP contribution in [0.4, 0.5) is 0 Å². The summed E-state index contributed by atoms with van der Waals surface area (Å²) in [4.78, 5) is 12.2. The van der Waals surface area contributed by atoms with Crippen molar-refractivity contribution in [3.63, 3.8) is 0 Å². The summed E-state index contributed by atoms with van der Waals surface area (Å²) < 4.78 is 30.5. The van der Waals surface area contributed by atoms with Crippen molar-refractivity contribution >= 4 is 16.0 Å². The van der Waals surface area contributed by atoms with E-state index >= 15 is 0 Å². The van der Waals surface area contributed by atoms with Crippen molar-refractivity contribution < 1.29 is 28.0 Å². The topological polar surface area (TPSA) is 124 Å². The minimum atomic E-state index is -4.07. The van der Waals surface area contributed by atoms with Crippen molar-refractivity contribution in [1.29, 1.82) is 0 Å². The van der Waals surface area contributed by atoms with E-state index in [1.807, 2.05) is 0 Å². The first-order chi connectivity index (χ1) is 16.3. The third kappa shape index (κ3) is 6.60. The van der Waals surface area contributed by atoms with Gasteiger partial charge in [0.25, 0.3) is 10.1 Å². The van der Waals surface area contributed by atoms with Gasteiger partial charge < -0.3 is 15.5 Å². The van der Waals surface area contributed by atoms with Gasteiger partial charge in [-0.3, -0.25) is 9.35 Å². The van der Waals surface area contributed by atoms with Crippen molar-refractivity contribution in [2.24, 2.45) is 40.4 Å². The Hall–Kier alpha value is -0.700. The van der Waals surface area contributed by atoms with Crippen LogP contribution in [-0.4, -0.2) is 53.6 Å². The molecule has 0 spiro atoms. The highest BCUT2D eigenvalue weighted by Crippen LogP contribution is 2.65. The molecule has 204 valence electrons. The molecule has 0 bridgehead atoms. The molecule has 3 aliphatic rings. The molecule has 1 amide bonds. The van der Waals surface area contributed by atoms with Crippen LogP contribution >= 0.6 is 0 Å². The predicted octanol–water partition coefficient (Wildman–Crippen LogP) is 4.18. The van der Waals surface area contributed by atoms with Gasteiger partial charge in [0.15, 0.2) is 0 Å². The smallest absolute Gasteiger partial charge is 0.266 e. The predicted molar refractivity (Wildman–Crippen MR) is 137 cm³/mol. The SMILES string of the molecule is CC[C@H](O)[C@@H]1[C@@H](C2(C)CCC(O)CC2)CC[C@]2(C)[C@@H]([C@H](C)CCC(=O)NCCS(=O)(=O)O)CC[C@@H]12. The molecule has 0 unspecified atom stereocenters. The van der Waals surface area contributed by atoms with Gasteiger partial charge in [0.1, 0.15) is 0 Å². The summed E-state index contributed by atoms with van der Waals surface area (Å²) >= 11 is 0. The van der Waals surface area contributed by atoms with E-state index < -0.39 is 15.9 Å². The Bertz CT molecular complexity index is 824. The molecule has 0 radical (unpaired) electrons. The molecule has 0 saturated heterocycles. The summed E-state index contributed by atoms with van der Waals surface area (Å²) in [5.74, 6) is 1.51. The summed E-state index contributed by atoms with van der Waals surface area (Å²) in [6.07, 6.45) is 9.78. The van der Waals surface area contributed by atoms with E-state index in [1.54, 1.807) is 0 Å². The third-order valence-corrected chi connectivity index (χ3v) is 11.2. The maximum Gasteiger partial charge on any atom is 0.266 e. The Kier molecular flexibility index (Phi) is 9.37. The largest absolute Gasteiger partial charge is 0.393 e. The molecule has 35 heavy (non-hydrogen) atoms. The van der Waals surface area contributed by atoms with Crippen LogP contribution in [0, 0.1) is 40.4 Å². The van der Waals surface area contributed by atoms with Crippen molar-refractivity contribution in [2.45, 2.75) is 111 Å². The molecule has 0 aromatic rings. The highest BCUT2D eigenvalue weighted by atomic mass is 32.2. The first-order valence-corrected chi connectivity index (χ1v) is 15.5. The molecule has 7 atom stereocenters. The summed E-state index contributed by atoms with van der Waals surface area (Å²) in [5.41, 5.74) is 0.341. The van der Waals surface area contributed by atoms with Gasteiger partial charge >= 0.3 is 0 Å². The molecular weight excluding hydrogens is 466 g/mol. The highest BCUT2D eigenvalue weighted by molar-refractivity contribution is 7.85. The van der Waals surface area contributed by atoms with E-state index in [9.17, 15) is 23.4 Å². The van der Waals surface area contributed by atoms with Crippen LogP contribution in [0.15, 0.2) is 0 Å². The molecule has 3 aliphatic carbocycles. The van der Waals surface area contributed by atoms with Gasteiger partial charge in [0.2, 0.25) is 5.91 Å². The number of aliphatic hydroxyl groups is 2. The summed E-state index contributed by atoms with van der Waals surface area (Å²) in [7, 11) is -4.07. The standard InChI is InChI=1S/C27H49NO6S/c1-5-23(30)25-21(26(3)13-10-19(29)11-14-26)12-15-27(4)20(7-8-22(25)27)18(2)6-9-24(31)28-16-17-35(32,33)34/h18-23,25,29-30H,5-17H2,1-4H3,(H,28,31)(H,32,33,34)/t18-,19?,20-,21+,22+,23+,25-,26?,27-/m1/s1. The second-order valence-electron chi connectivity index (χ2n) is 12.5. The van der Waals surface area contributed by atoms with Crippen LogP contribution in [0.2, 0.25) is 0 Å². The van der Waals surface area contributed by atoms with Crippen molar-refractivity contribution in [3.8, 4) is 0 Å². The fourth-order valence-corrected chi connectivity index (χ4v) is 8.75. The Morgan fingerprint density at radius 2 is 1.71 bits per heavy atom. The maximum atomic E-state index is 12.2. The summed E-state index contributed by atoms with van der Waals surface area (Å²) in [6, 6.07) is 0. The molecule has 0 heterocycles. The van der Waals surface area contributed by atoms with Gasteiger partial charge in [0, 0.05) is 13.0 Å². The van der Waals surface area contributed by atoms with Crippen LogP contribution in [0.25, 0.3) is 0 Å². The number of carbonyl (C=O) groups excluding carboxylic acids is 1. The zero-order valence-corrected chi connectivity index (χ0v) is 23.0. The zero-order valence-electron chi connectivity index (χ0n) is 22.2. The van der Waals surface area contributed by atoms with E-state index in [0.29, 0.717) is 36.0 Å². The fraction of sp³-hybridized carbons (Fsp3) is 0.963. The first-order valence-electron chi connectivity index (χ1n) is 13.9. The molecule has 7 nitrogen and oxygen atoms in total. The van der Waals surface area contributed by atoms with Crippen LogP contribution in [0.1, 0.15) is 98.3 Å². The summed E-state index contributed by atoms with van der Waals surface area (Å²) in [5, 5.41) is 24.0. The van der Waals surface area contributed by atoms with E-state index in [2.05, 4.69) is 33.0 Å². The van der Waals surface area contributed by atoms with Crippen molar-refractivity contribution in [1.82, 2.24) is 5.32 Å². The number of rotatable bonds is 10. The van der Waals surface area contributed by atoms with Gasteiger partial charge in [-0.1, -0.05) is 27.7 Å². The minimum absolute atomic E-state index is 0.0664. The lowest BCUT2D eigenvalue weighted by atomic mass is 9.49. The van der Waals surface area contributed by atoms with Gasteiger partial charge in [-0.15, -0.1) is 0 Å². The number of amides is 1. The molecule has 0 aromatic heterocycles. The number of hydrogen-bond acceptors (Lipinski definition) is 5. The van der Waals surface area contributed by atoms with Gasteiger partial charge in [-0.25, -0.2) is 0 Å². The molecule has 0 aromatic carbocycles. The lowest BCUT2D eigenvalue weighted by molar-refractivity contribution is -0.122. The Balaban J connectivity index is 1.66. The normalized spacial score (nSPS) is 39.6. The maximum absolute atomic E-state index is 12.2. The minimum Gasteiger partial charge on any atom is -0.393 e. The Morgan fingerprint density at radius 1 is 1.06 bits per heavy atom. The summed E-state index contributed by atoms with van der Waals surface area (Å²) in [6.45, 7) is 9.10. The Morgan fingerprint density at radius 3 is 2.31 bits per heavy atom. The number of hydrogen-bond donors (Lipinski definition) is 4. The van der Waals surface area contributed by atoms with Crippen LogP contribution < -0.4 is 5.32 Å². The Labute approximate surface area is 212 Å². The average molecular weight is 516 g/mol. The van der Waals surface area contributed by atoms with E-state index in [1.165, 1.54) is 0 Å². The van der Waals surface area contributed by atoms with Crippen molar-refractivity contribution in [2.75, 3.05) is 12.3 Å². The van der Waals surface area contributed by atoms with E-state index in [-0.39, 0.29) is 35.5 Å². The van der Waals surface area contributed by atoms with E-state index in [0.717, 1.165) is 64.2 Å². The van der Waals surface area contributed by atoms with Crippen LogP contribution in [-0.2, 0) is 14.9 Å². The molecule has 0 aliphatic heterocycles. The highest BCUT2D eigenvalue weighted by Gasteiger charge is 2.58. The van der Waals surface area contributed by atoms with Gasteiger partial charge in [0.05, 0.1) is 18.0 Å². The van der Waals surface area contributed by atoms with E-state index in [4.69, 9.17) is 4.55 Å². The van der Waals surface area contributed by atoms with Gasteiger partial charge in [-0.2, -0.15) is 8.42 Å². The second-order valence-corrected chi connectivity index (χ2v) is 14.1. The lowest BCUT2D eigenvalue weighted by Gasteiger charge is -2.56. The quantitative estimate of drug-likeness (QED) is 0.324. The first kappa shape index (κ1) is 28.9. The molecule has 3 rings (SSSR count). The van der Waals surface area contributed by atoms with Gasteiger partial charge in [-0.05, 0) is 105 Å². The third-order valence-electron chi connectivity index (χ3n) is 10.5. The molecule has 4 N–H and O–H groups in total. The monoisotopic (exact) mass is 515 g/mol. The second kappa shape index (κ2) is 11.4. The number of nitrogens with one attached hydrogen (secondary N) is 1. The molecular formula is C27H49NO6S. The zero-order chi connectivity index (χ0) is 26.0. The number of aliphatic hydroxyl groups excluding tert-OH is 2. The number of carbonyl (C=O) groups is 1. The number of fused-ring (bicyclic) bond motifs is 1. The molecule has 3 saturated carbocycles. The fourth-order valence-electron chi connectivity index (χ4n) is 8.39. The molecule has 3 fully saturated rings. The van der Waals surface area contributed by atoms with Crippen LogP contribution in [0.5, 0.6) is 0 Å². The van der Waals surface area contributed by atoms with Crippen LogP contribution in [0.3, 0.4) is 0 Å². The average Bonchev–Trinajstić information content (AvgIpc) is 3.14.